The molecule has 1 unspecified atom stereocenters. The van der Waals surface area contributed by atoms with Gasteiger partial charge in [-0.1, -0.05) is 30.3 Å². The minimum Gasteiger partial charge on any atom is -0.341 e. The van der Waals surface area contributed by atoms with Crippen LogP contribution < -0.4 is 0 Å². The molecule has 5 nitrogen and oxygen atoms in total. The molecule has 1 atom stereocenters. The molecule has 0 radical (unpaired) electrons. The molecule has 0 N–H and O–H groups in total. The number of amides is 2. The molecule has 5 heteroatoms. The molecule has 3 aliphatic rings. The van der Waals surface area contributed by atoms with Gasteiger partial charge in [0, 0.05) is 45.2 Å². The molecule has 1 aliphatic carbocycles. The van der Waals surface area contributed by atoms with Crippen LogP contribution in [0.2, 0.25) is 0 Å². The van der Waals surface area contributed by atoms with E-state index in [1.165, 1.54) is 5.56 Å². The Morgan fingerprint density at radius 3 is 2.36 bits per heavy atom. The molecule has 0 aromatic heterocycles. The fraction of sp³-hybridized carbons (Fsp3) is 0.600. The van der Waals surface area contributed by atoms with Crippen LogP contribution in [0.5, 0.6) is 0 Å². The van der Waals surface area contributed by atoms with Gasteiger partial charge in [-0.15, -0.1) is 0 Å². The minimum absolute atomic E-state index is 0.0222. The first-order valence-electron chi connectivity index (χ1n) is 9.58. The molecule has 0 spiro atoms. The van der Waals surface area contributed by atoms with Crippen LogP contribution in [0.3, 0.4) is 0 Å². The first kappa shape index (κ1) is 16.6. The number of nitrogens with zero attached hydrogens (tertiary/aromatic N) is 3. The SMILES string of the molecule is O=C(C1CC1)N1CCN(C2CCN(CCc3ccccc3)C2=O)CC1. The standard InChI is InChI=1S/C20H27N3O2/c24-19(17-6-7-17)23-14-12-21(13-15-23)18-9-11-22(20(18)25)10-8-16-4-2-1-3-5-16/h1-5,17-18H,6-15H2. The van der Waals surface area contributed by atoms with E-state index >= 15 is 0 Å². The summed E-state index contributed by atoms with van der Waals surface area (Å²) in [5.41, 5.74) is 1.28. The number of benzene rings is 1. The second kappa shape index (κ2) is 7.16. The number of hydrogen-bond acceptors (Lipinski definition) is 3. The summed E-state index contributed by atoms with van der Waals surface area (Å²) in [7, 11) is 0. The number of piperazine rings is 1. The van der Waals surface area contributed by atoms with E-state index in [0.717, 1.165) is 65.0 Å². The fourth-order valence-corrected chi connectivity index (χ4v) is 4.03. The van der Waals surface area contributed by atoms with Crippen LogP contribution in [0.25, 0.3) is 0 Å². The number of carbonyl (C=O) groups is 2. The van der Waals surface area contributed by atoms with Crippen LogP contribution in [0.15, 0.2) is 30.3 Å². The van der Waals surface area contributed by atoms with E-state index in [2.05, 4.69) is 17.0 Å². The van der Waals surface area contributed by atoms with Crippen molar-refractivity contribution in [3.63, 3.8) is 0 Å². The van der Waals surface area contributed by atoms with Crippen LogP contribution in [-0.2, 0) is 16.0 Å². The van der Waals surface area contributed by atoms with E-state index < -0.39 is 0 Å². The topological polar surface area (TPSA) is 43.9 Å². The van der Waals surface area contributed by atoms with Gasteiger partial charge in [0.05, 0.1) is 6.04 Å². The summed E-state index contributed by atoms with van der Waals surface area (Å²) < 4.78 is 0. The zero-order chi connectivity index (χ0) is 17.2. The zero-order valence-corrected chi connectivity index (χ0v) is 14.8. The van der Waals surface area contributed by atoms with Gasteiger partial charge < -0.3 is 9.80 Å². The second-order valence-electron chi connectivity index (χ2n) is 7.50. The van der Waals surface area contributed by atoms with E-state index in [-0.39, 0.29) is 11.9 Å². The van der Waals surface area contributed by atoms with Crippen molar-refractivity contribution in [3.05, 3.63) is 35.9 Å². The Morgan fingerprint density at radius 1 is 0.960 bits per heavy atom. The number of likely N-dealkylation sites (tertiary alicyclic amines) is 1. The Bertz CT molecular complexity index is 621. The smallest absolute Gasteiger partial charge is 0.240 e. The molecule has 2 heterocycles. The molecule has 1 aromatic rings. The third-order valence-corrected chi connectivity index (χ3v) is 5.78. The Kier molecular flexibility index (Phi) is 4.75. The highest BCUT2D eigenvalue weighted by Gasteiger charge is 2.39. The van der Waals surface area contributed by atoms with Gasteiger partial charge in [0.2, 0.25) is 11.8 Å². The van der Waals surface area contributed by atoms with Crippen molar-refractivity contribution >= 4 is 11.8 Å². The fourth-order valence-electron chi connectivity index (χ4n) is 4.03. The van der Waals surface area contributed by atoms with Crippen molar-refractivity contribution in [2.24, 2.45) is 5.92 Å². The van der Waals surface area contributed by atoms with Crippen molar-refractivity contribution in [3.8, 4) is 0 Å². The van der Waals surface area contributed by atoms with Gasteiger partial charge in [-0.3, -0.25) is 14.5 Å². The summed E-state index contributed by atoms with van der Waals surface area (Å²) in [4.78, 5) is 31.2. The normalized spacial score (nSPS) is 24.8. The Labute approximate surface area is 149 Å². The number of rotatable bonds is 5. The van der Waals surface area contributed by atoms with E-state index in [1.807, 2.05) is 28.0 Å². The lowest BCUT2D eigenvalue weighted by molar-refractivity contribution is -0.136. The summed E-state index contributed by atoms with van der Waals surface area (Å²) in [5.74, 6) is 0.910. The Hall–Kier alpha value is -1.88. The van der Waals surface area contributed by atoms with Crippen molar-refractivity contribution in [1.29, 1.82) is 0 Å². The molecule has 2 amide bonds. The molecule has 4 rings (SSSR count). The molecule has 1 aromatic carbocycles. The van der Waals surface area contributed by atoms with Gasteiger partial charge in [0.25, 0.3) is 0 Å². The molecular formula is C20H27N3O2. The maximum absolute atomic E-state index is 12.8. The number of hydrogen-bond donors (Lipinski definition) is 0. The lowest BCUT2D eigenvalue weighted by atomic mass is 10.1. The molecule has 2 saturated heterocycles. The predicted octanol–water partition coefficient (Wildman–Crippen LogP) is 1.38. The highest BCUT2D eigenvalue weighted by atomic mass is 16.2. The van der Waals surface area contributed by atoms with Gasteiger partial charge in [-0.2, -0.15) is 0 Å². The van der Waals surface area contributed by atoms with Crippen LogP contribution in [0.4, 0.5) is 0 Å². The minimum atomic E-state index is 0.0222. The molecule has 0 bridgehead atoms. The van der Waals surface area contributed by atoms with E-state index in [9.17, 15) is 9.59 Å². The van der Waals surface area contributed by atoms with Crippen LogP contribution in [0.1, 0.15) is 24.8 Å². The van der Waals surface area contributed by atoms with Gasteiger partial charge in [0.15, 0.2) is 0 Å². The summed E-state index contributed by atoms with van der Waals surface area (Å²) in [5, 5.41) is 0. The van der Waals surface area contributed by atoms with E-state index in [4.69, 9.17) is 0 Å². The average Bonchev–Trinajstić information content (AvgIpc) is 3.44. The first-order valence-corrected chi connectivity index (χ1v) is 9.58. The largest absolute Gasteiger partial charge is 0.341 e. The highest BCUT2D eigenvalue weighted by Crippen LogP contribution is 2.31. The van der Waals surface area contributed by atoms with Gasteiger partial charge in [-0.25, -0.2) is 0 Å². The predicted molar refractivity (Wildman–Crippen MR) is 96.0 cm³/mol. The van der Waals surface area contributed by atoms with Crippen molar-refractivity contribution in [2.75, 3.05) is 39.3 Å². The summed E-state index contributed by atoms with van der Waals surface area (Å²) >= 11 is 0. The quantitative estimate of drug-likeness (QED) is 0.813. The first-order chi connectivity index (χ1) is 12.2. The van der Waals surface area contributed by atoms with Gasteiger partial charge in [0.1, 0.15) is 0 Å². The van der Waals surface area contributed by atoms with E-state index in [1.54, 1.807) is 0 Å². The Morgan fingerprint density at radius 2 is 1.68 bits per heavy atom. The molecular weight excluding hydrogens is 314 g/mol. The van der Waals surface area contributed by atoms with Gasteiger partial charge >= 0.3 is 0 Å². The lowest BCUT2D eigenvalue weighted by Crippen LogP contribution is -2.54. The van der Waals surface area contributed by atoms with Crippen LogP contribution in [-0.4, -0.2) is 71.8 Å². The third-order valence-electron chi connectivity index (χ3n) is 5.78. The van der Waals surface area contributed by atoms with Gasteiger partial charge in [-0.05, 0) is 31.2 Å². The Balaban J connectivity index is 1.26. The average molecular weight is 341 g/mol. The maximum Gasteiger partial charge on any atom is 0.240 e. The summed E-state index contributed by atoms with van der Waals surface area (Å²) in [6.07, 6.45) is 3.97. The van der Waals surface area contributed by atoms with Crippen molar-refractivity contribution < 1.29 is 9.59 Å². The summed E-state index contributed by atoms with van der Waals surface area (Å²) in [6, 6.07) is 10.4. The molecule has 134 valence electrons. The van der Waals surface area contributed by atoms with E-state index in [0.29, 0.717) is 11.8 Å². The zero-order valence-electron chi connectivity index (χ0n) is 14.8. The third kappa shape index (κ3) is 3.71. The van der Waals surface area contributed by atoms with Crippen LogP contribution >= 0.6 is 0 Å². The molecule has 25 heavy (non-hydrogen) atoms. The lowest BCUT2D eigenvalue weighted by Gasteiger charge is -2.37. The van der Waals surface area contributed by atoms with Crippen molar-refractivity contribution in [1.82, 2.24) is 14.7 Å². The molecule has 1 saturated carbocycles. The highest BCUT2D eigenvalue weighted by molar-refractivity contribution is 5.84. The summed E-state index contributed by atoms with van der Waals surface area (Å²) in [6.45, 7) is 4.89. The monoisotopic (exact) mass is 341 g/mol. The second-order valence-corrected chi connectivity index (χ2v) is 7.50. The molecule has 2 aliphatic heterocycles. The molecule has 3 fully saturated rings. The van der Waals surface area contributed by atoms with Crippen molar-refractivity contribution in [2.45, 2.75) is 31.7 Å². The maximum atomic E-state index is 12.8. The van der Waals surface area contributed by atoms with Crippen LogP contribution in [0, 0.1) is 5.92 Å². The number of carbonyl (C=O) groups excluding carboxylic acids is 2.